The minimum Gasteiger partial charge on any atom is -0.330 e. The van der Waals surface area contributed by atoms with Gasteiger partial charge in [-0.2, -0.15) is 0 Å². The molecule has 6 heteroatoms. The molecule has 0 aromatic heterocycles. The minimum atomic E-state index is -3.62. The van der Waals surface area contributed by atoms with Crippen molar-refractivity contribution >= 4 is 10.0 Å². The van der Waals surface area contributed by atoms with Crippen LogP contribution in [0.2, 0.25) is 0 Å². The Morgan fingerprint density at radius 2 is 1.95 bits per heavy atom. The van der Waals surface area contributed by atoms with Crippen molar-refractivity contribution in [3.63, 3.8) is 0 Å². The van der Waals surface area contributed by atoms with Crippen molar-refractivity contribution in [2.24, 2.45) is 11.1 Å². The summed E-state index contributed by atoms with van der Waals surface area (Å²) in [5, 5.41) is 0. The summed E-state index contributed by atoms with van der Waals surface area (Å²) in [6.45, 7) is 6.07. The molecule has 0 saturated heterocycles. The summed E-state index contributed by atoms with van der Waals surface area (Å²) in [6.07, 6.45) is 0. The van der Waals surface area contributed by atoms with Crippen LogP contribution in [0.3, 0.4) is 0 Å². The summed E-state index contributed by atoms with van der Waals surface area (Å²) in [6, 6.07) is 3.67. The highest BCUT2D eigenvalue weighted by molar-refractivity contribution is 7.89. The van der Waals surface area contributed by atoms with Crippen LogP contribution in [0.5, 0.6) is 0 Å². The lowest BCUT2D eigenvalue weighted by molar-refractivity contribution is 0.292. The van der Waals surface area contributed by atoms with Crippen molar-refractivity contribution in [2.75, 3.05) is 20.1 Å². The Balaban J connectivity index is 3.10. The van der Waals surface area contributed by atoms with Gasteiger partial charge in [0.25, 0.3) is 0 Å². The fraction of sp³-hybridized carbons (Fsp3) is 0.538. The van der Waals surface area contributed by atoms with Crippen molar-refractivity contribution in [3.8, 4) is 0 Å². The fourth-order valence-electron chi connectivity index (χ4n) is 1.82. The SMILES string of the molecule is Cc1cc(F)ccc1S(=O)(=O)N(C)CC(C)(C)CN. The third-order valence-electron chi connectivity index (χ3n) is 3.03. The van der Waals surface area contributed by atoms with E-state index in [1.54, 1.807) is 6.92 Å². The lowest BCUT2D eigenvalue weighted by Crippen LogP contribution is -2.39. The molecule has 2 N–H and O–H groups in total. The highest BCUT2D eigenvalue weighted by Crippen LogP contribution is 2.23. The van der Waals surface area contributed by atoms with Gasteiger partial charge >= 0.3 is 0 Å². The monoisotopic (exact) mass is 288 g/mol. The van der Waals surface area contributed by atoms with E-state index < -0.39 is 15.8 Å². The first-order valence-electron chi connectivity index (χ1n) is 6.03. The van der Waals surface area contributed by atoms with Crippen LogP contribution >= 0.6 is 0 Å². The van der Waals surface area contributed by atoms with Gasteiger partial charge in [-0.25, -0.2) is 17.1 Å². The Hall–Kier alpha value is -0.980. The van der Waals surface area contributed by atoms with E-state index >= 15 is 0 Å². The molecule has 4 nitrogen and oxygen atoms in total. The zero-order chi connectivity index (χ0) is 14.8. The van der Waals surface area contributed by atoms with E-state index in [1.807, 2.05) is 13.8 Å². The molecule has 0 unspecified atom stereocenters. The predicted octanol–water partition coefficient (Wildman–Crippen LogP) is 1.74. The predicted molar refractivity (Wildman–Crippen MR) is 73.8 cm³/mol. The number of benzene rings is 1. The average Bonchev–Trinajstić information content (AvgIpc) is 2.27. The van der Waals surface area contributed by atoms with Crippen molar-refractivity contribution in [1.29, 1.82) is 0 Å². The Labute approximate surface area is 114 Å². The smallest absolute Gasteiger partial charge is 0.243 e. The Morgan fingerprint density at radius 3 is 2.42 bits per heavy atom. The van der Waals surface area contributed by atoms with Crippen LogP contribution in [0.4, 0.5) is 4.39 Å². The molecule has 0 fully saturated rings. The summed E-state index contributed by atoms with van der Waals surface area (Å²) in [5.74, 6) is -0.443. The van der Waals surface area contributed by atoms with Gasteiger partial charge in [0.05, 0.1) is 4.90 Å². The molecular weight excluding hydrogens is 267 g/mol. The molecule has 0 saturated carbocycles. The molecule has 19 heavy (non-hydrogen) atoms. The largest absolute Gasteiger partial charge is 0.330 e. The molecule has 108 valence electrons. The summed E-state index contributed by atoms with van der Waals surface area (Å²) < 4.78 is 39.1. The number of nitrogens with zero attached hydrogens (tertiary/aromatic N) is 1. The average molecular weight is 288 g/mol. The third kappa shape index (κ3) is 3.75. The van der Waals surface area contributed by atoms with Gasteiger partial charge in [-0.15, -0.1) is 0 Å². The Bertz CT molecular complexity index is 556. The summed E-state index contributed by atoms with van der Waals surface area (Å²) in [4.78, 5) is 0.129. The maximum Gasteiger partial charge on any atom is 0.243 e. The normalized spacial score (nSPS) is 13.0. The van der Waals surface area contributed by atoms with E-state index in [1.165, 1.54) is 23.5 Å². The van der Waals surface area contributed by atoms with Gasteiger partial charge in [-0.05, 0) is 42.6 Å². The van der Waals surface area contributed by atoms with E-state index in [0.29, 0.717) is 18.7 Å². The quantitative estimate of drug-likeness (QED) is 0.897. The van der Waals surface area contributed by atoms with E-state index in [9.17, 15) is 12.8 Å². The molecule has 0 spiro atoms. The molecule has 1 aromatic carbocycles. The van der Waals surface area contributed by atoms with Gasteiger partial charge in [0, 0.05) is 13.6 Å². The van der Waals surface area contributed by atoms with Crippen LogP contribution in [0.25, 0.3) is 0 Å². The first-order chi connectivity index (χ1) is 8.60. The standard InChI is InChI=1S/C13H21FN2O2S/c1-10-7-11(14)5-6-12(10)19(17,18)16(4)9-13(2,3)8-15/h5-7H,8-9,15H2,1-4H3. The van der Waals surface area contributed by atoms with Gasteiger partial charge in [0.2, 0.25) is 10.0 Å². The summed E-state index contributed by atoms with van der Waals surface area (Å²) in [5.41, 5.74) is 5.71. The molecule has 0 aliphatic heterocycles. The third-order valence-corrected chi connectivity index (χ3v) is 4.99. The number of sulfonamides is 1. The highest BCUT2D eigenvalue weighted by atomic mass is 32.2. The number of hydrogen-bond acceptors (Lipinski definition) is 3. The Kier molecular flexibility index (Phi) is 4.71. The van der Waals surface area contributed by atoms with Crippen molar-refractivity contribution < 1.29 is 12.8 Å². The maximum absolute atomic E-state index is 13.0. The lowest BCUT2D eigenvalue weighted by atomic mass is 9.94. The lowest BCUT2D eigenvalue weighted by Gasteiger charge is -2.28. The zero-order valence-corrected chi connectivity index (χ0v) is 12.6. The molecule has 0 amide bonds. The molecule has 0 bridgehead atoms. The van der Waals surface area contributed by atoms with Crippen LogP contribution in [0, 0.1) is 18.2 Å². The van der Waals surface area contributed by atoms with Crippen molar-refractivity contribution in [1.82, 2.24) is 4.31 Å². The molecule has 0 aliphatic rings. The molecule has 0 atom stereocenters. The van der Waals surface area contributed by atoms with Gasteiger partial charge < -0.3 is 5.73 Å². The van der Waals surface area contributed by atoms with Crippen LogP contribution in [-0.4, -0.2) is 32.9 Å². The van der Waals surface area contributed by atoms with Gasteiger partial charge in [0.15, 0.2) is 0 Å². The van der Waals surface area contributed by atoms with Gasteiger partial charge in [0.1, 0.15) is 5.82 Å². The van der Waals surface area contributed by atoms with Crippen LogP contribution in [-0.2, 0) is 10.0 Å². The second kappa shape index (κ2) is 5.56. The summed E-state index contributed by atoms with van der Waals surface area (Å²) >= 11 is 0. The topological polar surface area (TPSA) is 63.4 Å². The van der Waals surface area contributed by atoms with E-state index in [4.69, 9.17) is 5.73 Å². The van der Waals surface area contributed by atoms with E-state index in [0.717, 1.165) is 6.07 Å². The van der Waals surface area contributed by atoms with Crippen molar-refractivity contribution in [2.45, 2.75) is 25.7 Å². The maximum atomic E-state index is 13.0. The molecular formula is C13H21FN2O2S. The summed E-state index contributed by atoms with van der Waals surface area (Å²) in [7, 11) is -2.11. The van der Waals surface area contributed by atoms with Crippen LogP contribution < -0.4 is 5.73 Å². The van der Waals surface area contributed by atoms with Gasteiger partial charge in [-0.1, -0.05) is 13.8 Å². The number of hydrogen-bond donors (Lipinski definition) is 1. The van der Waals surface area contributed by atoms with Crippen LogP contribution in [0.1, 0.15) is 19.4 Å². The second-order valence-corrected chi connectivity index (χ2v) is 7.55. The molecule has 0 aliphatic carbocycles. The molecule has 0 radical (unpaired) electrons. The fourth-order valence-corrected chi connectivity index (χ4v) is 3.38. The minimum absolute atomic E-state index is 0.129. The first-order valence-corrected chi connectivity index (χ1v) is 7.47. The van der Waals surface area contributed by atoms with E-state index in [-0.39, 0.29) is 10.3 Å². The number of rotatable bonds is 5. The number of aryl methyl sites for hydroxylation is 1. The van der Waals surface area contributed by atoms with E-state index in [2.05, 4.69) is 0 Å². The highest BCUT2D eigenvalue weighted by Gasteiger charge is 2.28. The zero-order valence-electron chi connectivity index (χ0n) is 11.8. The van der Waals surface area contributed by atoms with Gasteiger partial charge in [-0.3, -0.25) is 0 Å². The second-order valence-electron chi connectivity index (χ2n) is 5.54. The molecule has 1 aromatic rings. The Morgan fingerprint density at radius 1 is 1.37 bits per heavy atom. The number of halogens is 1. The van der Waals surface area contributed by atoms with Crippen LogP contribution in [0.15, 0.2) is 23.1 Å². The number of nitrogens with two attached hydrogens (primary N) is 1. The van der Waals surface area contributed by atoms with Crippen molar-refractivity contribution in [3.05, 3.63) is 29.6 Å². The molecule has 1 rings (SSSR count). The first kappa shape index (κ1) is 16.1. The molecule has 0 heterocycles.